The number of pyridine rings is 1. The minimum Gasteiger partial charge on any atom is -0.481 e. The van der Waals surface area contributed by atoms with E-state index in [1.165, 1.54) is 30.0 Å². The lowest BCUT2D eigenvalue weighted by atomic mass is 9.97. The Hall–Kier alpha value is -3.48. The second-order valence-electron chi connectivity index (χ2n) is 8.39. The van der Waals surface area contributed by atoms with E-state index in [1.807, 2.05) is 48.6 Å². The van der Waals surface area contributed by atoms with E-state index < -0.39 is 11.8 Å². The van der Waals surface area contributed by atoms with E-state index in [-0.39, 0.29) is 22.5 Å². The molecular formula is C29H20ClF2NO2S. The number of aromatic nitrogens is 1. The summed E-state index contributed by atoms with van der Waals surface area (Å²) in [6.07, 6.45) is 7.50. The van der Waals surface area contributed by atoms with Gasteiger partial charge in [0.05, 0.1) is 27.9 Å². The van der Waals surface area contributed by atoms with Gasteiger partial charge in [0.25, 0.3) is 0 Å². The van der Waals surface area contributed by atoms with E-state index in [1.54, 1.807) is 18.2 Å². The van der Waals surface area contributed by atoms with Gasteiger partial charge in [0.15, 0.2) is 0 Å². The van der Waals surface area contributed by atoms with Gasteiger partial charge >= 0.3 is 5.97 Å². The van der Waals surface area contributed by atoms with E-state index >= 15 is 0 Å². The summed E-state index contributed by atoms with van der Waals surface area (Å²) in [4.78, 5) is 15.7. The average Bonchev–Trinajstić information content (AvgIpc) is 3.01. The number of carboxylic acids is 1. The first kappa shape index (κ1) is 24.2. The molecule has 7 heteroatoms. The lowest BCUT2D eigenvalue weighted by molar-refractivity contribution is -0.136. The van der Waals surface area contributed by atoms with Crippen LogP contribution >= 0.6 is 23.4 Å². The van der Waals surface area contributed by atoms with Crippen LogP contribution < -0.4 is 0 Å². The Morgan fingerprint density at radius 1 is 1.00 bits per heavy atom. The topological polar surface area (TPSA) is 50.2 Å². The zero-order valence-electron chi connectivity index (χ0n) is 18.9. The van der Waals surface area contributed by atoms with Crippen LogP contribution in [0.3, 0.4) is 0 Å². The van der Waals surface area contributed by atoms with Gasteiger partial charge in [-0.1, -0.05) is 60.2 Å². The Balaban J connectivity index is 1.50. The fraction of sp³-hybridized carbons (Fsp3) is 0.103. The molecule has 5 rings (SSSR count). The molecule has 3 aromatic carbocycles. The number of aliphatic carboxylic acids is 1. The van der Waals surface area contributed by atoms with Gasteiger partial charge in [-0.2, -0.15) is 0 Å². The highest BCUT2D eigenvalue weighted by Crippen LogP contribution is 2.43. The first-order valence-electron chi connectivity index (χ1n) is 11.3. The predicted molar refractivity (Wildman–Crippen MR) is 144 cm³/mol. The van der Waals surface area contributed by atoms with Crippen LogP contribution in [0.1, 0.15) is 45.2 Å². The molecule has 0 saturated heterocycles. The number of carboxylic acid groups (broad SMARTS) is 1. The van der Waals surface area contributed by atoms with Crippen LogP contribution in [0.4, 0.5) is 8.78 Å². The minimum absolute atomic E-state index is 0.0235. The maximum Gasteiger partial charge on any atom is 0.304 e. The summed E-state index contributed by atoms with van der Waals surface area (Å²) in [5, 5.41) is 9.60. The molecule has 1 atom stereocenters. The molecule has 0 amide bonds. The standard InChI is InChI=1S/C29H20ClF2NO2S/c30-24-16-27-19(15-26(24)32)7-10-20(33-27)9-5-17-4-6-18-8-11-21-22(2-1-3-25(21)31)29(23(18)14-17)36-13-12-28(34)35/h1-11,14-16,29H,12-13H2,(H,34,35). The summed E-state index contributed by atoms with van der Waals surface area (Å²) >= 11 is 7.40. The first-order valence-corrected chi connectivity index (χ1v) is 12.7. The van der Waals surface area contributed by atoms with Gasteiger partial charge in [-0.25, -0.2) is 13.8 Å². The lowest BCUT2D eigenvalue weighted by Crippen LogP contribution is -2.04. The van der Waals surface area contributed by atoms with Crippen molar-refractivity contribution in [1.82, 2.24) is 4.98 Å². The number of nitrogens with zero attached hydrogens (tertiary/aromatic N) is 1. The quantitative estimate of drug-likeness (QED) is 0.279. The van der Waals surface area contributed by atoms with Crippen LogP contribution in [0.5, 0.6) is 0 Å². The van der Waals surface area contributed by atoms with Crippen molar-refractivity contribution in [2.45, 2.75) is 11.7 Å². The Kier molecular flexibility index (Phi) is 6.90. The average molecular weight is 520 g/mol. The van der Waals surface area contributed by atoms with Crippen molar-refractivity contribution in [2.24, 2.45) is 0 Å². The highest BCUT2D eigenvalue weighted by Gasteiger charge is 2.24. The van der Waals surface area contributed by atoms with Crippen molar-refractivity contribution >= 4 is 64.5 Å². The molecule has 1 heterocycles. The van der Waals surface area contributed by atoms with Gasteiger partial charge in [0.2, 0.25) is 0 Å². The Bertz CT molecular complexity index is 1550. The number of carbonyl (C=O) groups is 1. The summed E-state index contributed by atoms with van der Waals surface area (Å²) in [5.41, 5.74) is 5.50. The van der Waals surface area contributed by atoms with Crippen molar-refractivity contribution in [2.75, 3.05) is 5.75 Å². The first-order chi connectivity index (χ1) is 17.4. The summed E-state index contributed by atoms with van der Waals surface area (Å²) in [7, 11) is 0. The van der Waals surface area contributed by atoms with E-state index in [0.717, 1.165) is 22.3 Å². The molecule has 3 nitrogen and oxygen atoms in total. The fourth-order valence-corrected chi connectivity index (χ4v) is 5.68. The van der Waals surface area contributed by atoms with Crippen LogP contribution in [0.15, 0.2) is 60.7 Å². The van der Waals surface area contributed by atoms with Crippen LogP contribution in [0.25, 0.3) is 35.2 Å². The summed E-state index contributed by atoms with van der Waals surface area (Å²) in [6.45, 7) is 0. The maximum atomic E-state index is 14.6. The van der Waals surface area contributed by atoms with Crippen LogP contribution in [0.2, 0.25) is 5.02 Å². The second-order valence-corrected chi connectivity index (χ2v) is 10.0. The number of halogens is 3. The molecule has 1 unspecified atom stereocenters. The third-order valence-electron chi connectivity index (χ3n) is 5.99. The van der Waals surface area contributed by atoms with Crippen LogP contribution in [0, 0.1) is 11.6 Å². The molecule has 0 spiro atoms. The smallest absolute Gasteiger partial charge is 0.304 e. The van der Waals surface area contributed by atoms with Gasteiger partial charge in [0.1, 0.15) is 11.6 Å². The number of benzene rings is 3. The summed E-state index contributed by atoms with van der Waals surface area (Å²) < 4.78 is 28.4. The van der Waals surface area contributed by atoms with Crippen LogP contribution in [-0.2, 0) is 4.79 Å². The second kappa shape index (κ2) is 10.2. The van der Waals surface area contributed by atoms with Crippen molar-refractivity contribution in [3.63, 3.8) is 0 Å². The predicted octanol–water partition coefficient (Wildman–Crippen LogP) is 8.12. The molecule has 0 bridgehead atoms. The molecule has 36 heavy (non-hydrogen) atoms. The molecule has 1 aliphatic rings. The maximum absolute atomic E-state index is 14.6. The fourth-order valence-electron chi connectivity index (χ4n) is 4.23. The minimum atomic E-state index is -0.863. The Morgan fingerprint density at radius 3 is 2.69 bits per heavy atom. The SMILES string of the molecule is O=C(O)CCSC1c2cc(C=Cc3ccc4cc(F)c(Cl)cc4n3)ccc2C=Cc2c(F)cccc21. The number of hydrogen-bond donors (Lipinski definition) is 1. The highest BCUT2D eigenvalue weighted by molar-refractivity contribution is 7.99. The molecule has 0 radical (unpaired) electrons. The normalized spacial score (nSPS) is 14.6. The van der Waals surface area contributed by atoms with Crippen molar-refractivity contribution in [3.05, 3.63) is 111 Å². The Labute approximate surface area is 216 Å². The Morgan fingerprint density at radius 2 is 1.86 bits per heavy atom. The molecule has 1 aromatic heterocycles. The summed E-state index contributed by atoms with van der Waals surface area (Å²) in [6, 6.07) is 17.5. The van der Waals surface area contributed by atoms with Crippen LogP contribution in [-0.4, -0.2) is 21.8 Å². The van der Waals surface area contributed by atoms with E-state index in [0.29, 0.717) is 27.9 Å². The molecule has 180 valence electrons. The third-order valence-corrected chi connectivity index (χ3v) is 7.56. The largest absolute Gasteiger partial charge is 0.481 e. The molecule has 0 saturated carbocycles. The molecule has 0 aliphatic heterocycles. The number of thioether (sulfide) groups is 1. The molecule has 1 N–H and O–H groups in total. The third kappa shape index (κ3) is 5.06. The van der Waals surface area contributed by atoms with Crippen molar-refractivity contribution in [1.29, 1.82) is 0 Å². The lowest BCUT2D eigenvalue weighted by Gasteiger charge is -2.20. The van der Waals surface area contributed by atoms with E-state index in [2.05, 4.69) is 4.98 Å². The number of fused-ring (bicyclic) bond motifs is 3. The zero-order chi connectivity index (χ0) is 25.2. The van der Waals surface area contributed by atoms with Crippen molar-refractivity contribution < 1.29 is 18.7 Å². The monoisotopic (exact) mass is 519 g/mol. The molecular weight excluding hydrogens is 500 g/mol. The van der Waals surface area contributed by atoms with E-state index in [9.17, 15) is 13.6 Å². The molecule has 0 fully saturated rings. The van der Waals surface area contributed by atoms with Gasteiger partial charge in [-0.3, -0.25) is 4.79 Å². The van der Waals surface area contributed by atoms with Crippen molar-refractivity contribution in [3.8, 4) is 0 Å². The van der Waals surface area contributed by atoms with E-state index in [4.69, 9.17) is 16.7 Å². The highest BCUT2D eigenvalue weighted by atomic mass is 35.5. The number of hydrogen-bond acceptors (Lipinski definition) is 3. The van der Waals surface area contributed by atoms with Gasteiger partial charge in [0, 0.05) is 16.7 Å². The van der Waals surface area contributed by atoms with Gasteiger partial charge in [-0.15, -0.1) is 11.8 Å². The number of rotatable bonds is 6. The summed E-state index contributed by atoms with van der Waals surface area (Å²) in [5.74, 6) is -1.24. The molecule has 4 aromatic rings. The molecule has 1 aliphatic carbocycles. The van der Waals surface area contributed by atoms with Gasteiger partial charge in [-0.05, 0) is 58.7 Å². The van der Waals surface area contributed by atoms with Gasteiger partial charge < -0.3 is 5.11 Å². The zero-order valence-corrected chi connectivity index (χ0v) is 20.5.